The maximum Gasteiger partial charge on any atom is 0.188 e. The molecule has 0 aliphatic rings. The van der Waals surface area contributed by atoms with Gasteiger partial charge in [-0.25, -0.2) is 0 Å². The number of carbonyl (C=O) groups excluding carboxylic acids is 1. The van der Waals surface area contributed by atoms with Crippen LogP contribution in [-0.4, -0.2) is 10.6 Å². The molecule has 1 rings (SSSR count). The molecule has 0 radical (unpaired) electrons. The minimum atomic E-state index is -0.972. The van der Waals surface area contributed by atoms with Crippen molar-refractivity contribution in [1.82, 2.24) is 0 Å². The Morgan fingerprint density at radius 2 is 1.85 bits per heavy atom. The van der Waals surface area contributed by atoms with Crippen molar-refractivity contribution in [3.05, 3.63) is 42.0 Å². The number of benzene rings is 1. The molecule has 0 unspecified atom stereocenters. The molecule has 1 nitrogen and oxygen atoms in total. The van der Waals surface area contributed by atoms with E-state index in [0.717, 1.165) is 5.56 Å². The van der Waals surface area contributed by atoms with E-state index in [4.69, 9.17) is 23.2 Å². The van der Waals surface area contributed by atoms with Crippen LogP contribution >= 0.6 is 23.2 Å². The second-order valence-electron chi connectivity index (χ2n) is 2.45. The van der Waals surface area contributed by atoms with Crippen LogP contribution in [0, 0.1) is 0 Å². The topological polar surface area (TPSA) is 17.1 Å². The lowest BCUT2D eigenvalue weighted by atomic mass is 10.2. The fraction of sp³-hybridized carbons (Fsp3) is 0.100. The van der Waals surface area contributed by atoms with Crippen LogP contribution in [0.15, 0.2) is 36.4 Å². The average molecular weight is 215 g/mol. The van der Waals surface area contributed by atoms with Gasteiger partial charge in [0.15, 0.2) is 10.6 Å². The number of carbonyl (C=O) groups is 1. The van der Waals surface area contributed by atoms with Gasteiger partial charge in [-0.15, -0.1) is 0 Å². The Bertz CT molecular complexity index is 304. The molecular formula is C10H8Cl2O. The van der Waals surface area contributed by atoms with Gasteiger partial charge in [-0.3, -0.25) is 4.79 Å². The zero-order valence-corrected chi connectivity index (χ0v) is 8.29. The first-order valence-electron chi connectivity index (χ1n) is 3.75. The van der Waals surface area contributed by atoms with E-state index in [1.165, 1.54) is 6.08 Å². The number of alkyl halides is 2. The third-order valence-electron chi connectivity index (χ3n) is 1.45. The van der Waals surface area contributed by atoms with Crippen LogP contribution < -0.4 is 0 Å². The van der Waals surface area contributed by atoms with E-state index in [-0.39, 0.29) is 5.78 Å². The summed E-state index contributed by atoms with van der Waals surface area (Å²) in [5.41, 5.74) is 0.949. The van der Waals surface area contributed by atoms with Crippen molar-refractivity contribution in [2.24, 2.45) is 0 Å². The van der Waals surface area contributed by atoms with Crippen LogP contribution in [0.2, 0.25) is 0 Å². The van der Waals surface area contributed by atoms with Crippen LogP contribution in [0.3, 0.4) is 0 Å². The predicted octanol–water partition coefficient (Wildman–Crippen LogP) is 3.07. The van der Waals surface area contributed by atoms with E-state index in [1.54, 1.807) is 6.08 Å². The van der Waals surface area contributed by atoms with Crippen molar-refractivity contribution >= 4 is 35.1 Å². The number of hydrogen-bond donors (Lipinski definition) is 0. The predicted molar refractivity (Wildman–Crippen MR) is 56.0 cm³/mol. The normalized spacial score (nSPS) is 11.0. The Hall–Kier alpha value is -0.790. The zero-order chi connectivity index (χ0) is 9.68. The highest BCUT2D eigenvalue weighted by molar-refractivity contribution is 6.55. The Balaban J connectivity index is 2.64. The molecule has 68 valence electrons. The van der Waals surface area contributed by atoms with Crippen LogP contribution in [0.5, 0.6) is 0 Å². The molecule has 0 aliphatic carbocycles. The van der Waals surface area contributed by atoms with Crippen LogP contribution in [0.1, 0.15) is 5.56 Å². The van der Waals surface area contributed by atoms with E-state index < -0.39 is 4.84 Å². The van der Waals surface area contributed by atoms with Crippen LogP contribution in [0.4, 0.5) is 0 Å². The van der Waals surface area contributed by atoms with Crippen molar-refractivity contribution in [2.75, 3.05) is 0 Å². The van der Waals surface area contributed by atoms with Crippen LogP contribution in [-0.2, 0) is 4.79 Å². The lowest BCUT2D eigenvalue weighted by Crippen LogP contribution is -2.02. The molecule has 3 heteroatoms. The Kier molecular flexibility index (Phi) is 4.00. The van der Waals surface area contributed by atoms with E-state index in [2.05, 4.69) is 0 Å². The molecule has 0 heterocycles. The van der Waals surface area contributed by atoms with Gasteiger partial charge in [-0.2, -0.15) is 0 Å². The molecule has 0 fully saturated rings. The van der Waals surface area contributed by atoms with Crippen molar-refractivity contribution in [1.29, 1.82) is 0 Å². The molecule has 1 aromatic carbocycles. The number of allylic oxidation sites excluding steroid dienone is 1. The first kappa shape index (κ1) is 10.3. The highest BCUT2D eigenvalue weighted by Crippen LogP contribution is 2.06. The second kappa shape index (κ2) is 5.05. The molecule has 0 aliphatic heterocycles. The van der Waals surface area contributed by atoms with E-state index in [1.807, 2.05) is 30.3 Å². The maximum absolute atomic E-state index is 11.0. The van der Waals surface area contributed by atoms with Gasteiger partial charge in [0.2, 0.25) is 0 Å². The smallest absolute Gasteiger partial charge is 0.188 e. The van der Waals surface area contributed by atoms with E-state index in [0.29, 0.717) is 0 Å². The summed E-state index contributed by atoms with van der Waals surface area (Å²) < 4.78 is 0. The quantitative estimate of drug-likeness (QED) is 0.559. The highest BCUT2D eigenvalue weighted by Gasteiger charge is 2.05. The van der Waals surface area contributed by atoms with Crippen LogP contribution in [0.25, 0.3) is 6.08 Å². The standard InChI is InChI=1S/C10H8Cl2O/c11-10(12)9(13)7-6-8-4-2-1-3-5-8/h1-7,10H. The number of rotatable bonds is 3. The van der Waals surface area contributed by atoms with Gasteiger partial charge in [-0.1, -0.05) is 59.6 Å². The van der Waals surface area contributed by atoms with Gasteiger partial charge in [0, 0.05) is 0 Å². The number of halogens is 2. The zero-order valence-electron chi connectivity index (χ0n) is 6.78. The Labute approximate surface area is 87.0 Å². The molecule has 0 N–H and O–H groups in total. The summed E-state index contributed by atoms with van der Waals surface area (Å²) in [5.74, 6) is -0.299. The molecule has 1 aromatic rings. The summed E-state index contributed by atoms with van der Waals surface area (Å²) in [7, 11) is 0. The molecule has 0 atom stereocenters. The summed E-state index contributed by atoms with van der Waals surface area (Å²) in [6.45, 7) is 0. The third-order valence-corrected chi connectivity index (χ3v) is 1.88. The largest absolute Gasteiger partial charge is 0.292 e. The lowest BCUT2D eigenvalue weighted by molar-refractivity contribution is -0.113. The molecule has 0 saturated carbocycles. The fourth-order valence-electron chi connectivity index (χ4n) is 0.815. The maximum atomic E-state index is 11.0. The molecule has 0 amide bonds. The summed E-state index contributed by atoms with van der Waals surface area (Å²) in [6.07, 6.45) is 3.06. The minimum Gasteiger partial charge on any atom is -0.292 e. The van der Waals surface area contributed by atoms with Gasteiger partial charge in [0.25, 0.3) is 0 Å². The third kappa shape index (κ3) is 3.62. The second-order valence-corrected chi connectivity index (χ2v) is 3.54. The highest BCUT2D eigenvalue weighted by atomic mass is 35.5. The summed E-state index contributed by atoms with van der Waals surface area (Å²) >= 11 is 10.7. The van der Waals surface area contributed by atoms with Gasteiger partial charge in [0.1, 0.15) is 0 Å². The summed E-state index contributed by atoms with van der Waals surface area (Å²) in [6, 6.07) is 9.47. The summed E-state index contributed by atoms with van der Waals surface area (Å²) in [4.78, 5) is 9.99. The first-order valence-corrected chi connectivity index (χ1v) is 4.62. The molecule has 0 aromatic heterocycles. The molecule has 0 saturated heterocycles. The molecular weight excluding hydrogens is 207 g/mol. The SMILES string of the molecule is O=C(C=Cc1ccccc1)C(Cl)Cl. The van der Waals surface area contributed by atoms with Crippen molar-refractivity contribution in [3.8, 4) is 0 Å². The molecule has 0 bridgehead atoms. The number of ketones is 1. The van der Waals surface area contributed by atoms with Gasteiger partial charge < -0.3 is 0 Å². The van der Waals surface area contributed by atoms with E-state index >= 15 is 0 Å². The average Bonchev–Trinajstić information content (AvgIpc) is 2.15. The van der Waals surface area contributed by atoms with Gasteiger partial charge in [0.05, 0.1) is 0 Å². The van der Waals surface area contributed by atoms with Crippen molar-refractivity contribution in [2.45, 2.75) is 4.84 Å². The minimum absolute atomic E-state index is 0.299. The van der Waals surface area contributed by atoms with E-state index in [9.17, 15) is 4.79 Å². The summed E-state index contributed by atoms with van der Waals surface area (Å²) in [5, 5.41) is 0. The molecule has 13 heavy (non-hydrogen) atoms. The lowest BCUT2D eigenvalue weighted by Gasteiger charge is -1.93. The Morgan fingerprint density at radius 3 is 2.38 bits per heavy atom. The van der Waals surface area contributed by atoms with Gasteiger partial charge in [-0.05, 0) is 11.6 Å². The first-order chi connectivity index (χ1) is 6.20. The Morgan fingerprint density at radius 1 is 1.23 bits per heavy atom. The van der Waals surface area contributed by atoms with Crippen molar-refractivity contribution in [3.63, 3.8) is 0 Å². The van der Waals surface area contributed by atoms with Gasteiger partial charge >= 0.3 is 0 Å². The van der Waals surface area contributed by atoms with Crippen molar-refractivity contribution < 1.29 is 4.79 Å². The monoisotopic (exact) mass is 214 g/mol. The molecule has 0 spiro atoms. The fourth-order valence-corrected chi connectivity index (χ4v) is 0.961. The number of hydrogen-bond acceptors (Lipinski definition) is 1.